The van der Waals surface area contributed by atoms with Crippen LogP contribution in [0, 0.1) is 5.41 Å². The minimum Gasteiger partial charge on any atom is -0.497 e. The average molecular weight is 217 g/mol. The summed E-state index contributed by atoms with van der Waals surface area (Å²) in [5.74, 6) is 1.75. The third-order valence-electron chi connectivity index (χ3n) is 4.19. The van der Waals surface area contributed by atoms with Crippen molar-refractivity contribution in [1.29, 1.82) is 0 Å². The van der Waals surface area contributed by atoms with Gasteiger partial charge in [0.15, 0.2) is 0 Å². The van der Waals surface area contributed by atoms with Crippen LogP contribution in [0.5, 0.6) is 5.75 Å². The third-order valence-corrected chi connectivity index (χ3v) is 4.19. The summed E-state index contributed by atoms with van der Waals surface area (Å²) in [6.07, 6.45) is 4.08. The standard InChI is InChI=1S/C14H19NO/c1-16-12-5-2-4-11(8-12)13-9-14(13)6-3-7-15-10-14/h2,4-5,8,13,15H,3,6-7,9-10H2,1H3. The Morgan fingerprint density at radius 3 is 3.12 bits per heavy atom. The van der Waals surface area contributed by atoms with Crippen molar-refractivity contribution in [3.8, 4) is 5.75 Å². The Morgan fingerprint density at radius 2 is 2.38 bits per heavy atom. The van der Waals surface area contributed by atoms with Crippen LogP contribution >= 0.6 is 0 Å². The van der Waals surface area contributed by atoms with Gasteiger partial charge in [-0.3, -0.25) is 0 Å². The monoisotopic (exact) mass is 217 g/mol. The van der Waals surface area contributed by atoms with Crippen LogP contribution in [0.15, 0.2) is 24.3 Å². The first-order chi connectivity index (χ1) is 7.84. The van der Waals surface area contributed by atoms with Crippen LogP contribution in [-0.2, 0) is 0 Å². The summed E-state index contributed by atoms with van der Waals surface area (Å²) in [5, 5.41) is 3.53. The second-order valence-corrected chi connectivity index (χ2v) is 5.18. The summed E-state index contributed by atoms with van der Waals surface area (Å²) in [5.41, 5.74) is 2.04. The maximum atomic E-state index is 5.29. The molecule has 2 unspecified atom stereocenters. The minimum atomic E-state index is 0.574. The summed E-state index contributed by atoms with van der Waals surface area (Å²) in [6, 6.07) is 8.58. The first-order valence-electron chi connectivity index (χ1n) is 6.19. The van der Waals surface area contributed by atoms with Crippen molar-refractivity contribution in [2.45, 2.75) is 25.2 Å². The van der Waals surface area contributed by atoms with Crippen molar-refractivity contribution >= 4 is 0 Å². The van der Waals surface area contributed by atoms with Crippen molar-refractivity contribution in [2.75, 3.05) is 20.2 Å². The molecule has 1 heterocycles. The molecule has 16 heavy (non-hydrogen) atoms. The number of piperidine rings is 1. The van der Waals surface area contributed by atoms with E-state index in [1.54, 1.807) is 7.11 Å². The van der Waals surface area contributed by atoms with Gasteiger partial charge in [-0.15, -0.1) is 0 Å². The molecule has 1 aliphatic heterocycles. The molecule has 0 aromatic heterocycles. The van der Waals surface area contributed by atoms with E-state index < -0.39 is 0 Å². The van der Waals surface area contributed by atoms with Gasteiger partial charge in [0, 0.05) is 6.54 Å². The number of benzene rings is 1. The Kier molecular flexibility index (Phi) is 2.40. The molecule has 3 rings (SSSR count). The molecule has 0 bridgehead atoms. The molecule has 1 aromatic rings. The van der Waals surface area contributed by atoms with Crippen LogP contribution in [0.3, 0.4) is 0 Å². The SMILES string of the molecule is COc1cccc(C2CC23CCCNC3)c1. The molecule has 2 heteroatoms. The number of rotatable bonds is 2. The highest BCUT2D eigenvalue weighted by molar-refractivity contribution is 5.36. The smallest absolute Gasteiger partial charge is 0.119 e. The molecule has 1 aliphatic carbocycles. The molecule has 2 atom stereocenters. The van der Waals surface area contributed by atoms with Gasteiger partial charge in [0.25, 0.3) is 0 Å². The van der Waals surface area contributed by atoms with Gasteiger partial charge < -0.3 is 10.1 Å². The number of nitrogens with one attached hydrogen (secondary N) is 1. The highest BCUT2D eigenvalue weighted by Crippen LogP contribution is 2.62. The van der Waals surface area contributed by atoms with Crippen molar-refractivity contribution < 1.29 is 4.74 Å². The lowest BCUT2D eigenvalue weighted by atomic mass is 9.91. The lowest BCUT2D eigenvalue weighted by Crippen LogP contribution is -2.31. The molecule has 86 valence electrons. The molecule has 0 radical (unpaired) electrons. The fraction of sp³-hybridized carbons (Fsp3) is 0.571. The predicted molar refractivity (Wildman–Crippen MR) is 64.9 cm³/mol. The number of hydrogen-bond donors (Lipinski definition) is 1. The van der Waals surface area contributed by atoms with Gasteiger partial charge in [-0.05, 0) is 54.8 Å². The number of methoxy groups -OCH3 is 1. The number of hydrogen-bond acceptors (Lipinski definition) is 2. The van der Waals surface area contributed by atoms with Crippen molar-refractivity contribution in [1.82, 2.24) is 5.32 Å². The number of ether oxygens (including phenoxy) is 1. The summed E-state index contributed by atoms with van der Waals surface area (Å²) in [4.78, 5) is 0. The van der Waals surface area contributed by atoms with Gasteiger partial charge in [-0.1, -0.05) is 12.1 Å². The van der Waals surface area contributed by atoms with Crippen LogP contribution in [-0.4, -0.2) is 20.2 Å². The first-order valence-corrected chi connectivity index (χ1v) is 6.19. The topological polar surface area (TPSA) is 21.3 Å². The summed E-state index contributed by atoms with van der Waals surface area (Å²) >= 11 is 0. The molecule has 1 N–H and O–H groups in total. The second-order valence-electron chi connectivity index (χ2n) is 5.18. The Bertz CT molecular complexity index is 382. The predicted octanol–water partition coefficient (Wildman–Crippen LogP) is 2.55. The summed E-state index contributed by atoms with van der Waals surface area (Å²) < 4.78 is 5.29. The molecule has 2 nitrogen and oxygen atoms in total. The van der Waals surface area contributed by atoms with E-state index in [4.69, 9.17) is 4.74 Å². The average Bonchev–Trinajstić information content (AvgIpc) is 3.04. The molecule has 0 amide bonds. The van der Waals surface area contributed by atoms with Crippen LogP contribution in [0.4, 0.5) is 0 Å². The molecule has 1 aromatic carbocycles. The first kappa shape index (κ1) is 10.2. The maximum absolute atomic E-state index is 5.29. The van der Waals surface area contributed by atoms with Crippen LogP contribution in [0.1, 0.15) is 30.7 Å². The highest BCUT2D eigenvalue weighted by Gasteiger charge is 2.54. The van der Waals surface area contributed by atoms with Crippen LogP contribution in [0.2, 0.25) is 0 Å². The quantitative estimate of drug-likeness (QED) is 0.822. The molecule has 1 saturated heterocycles. The second kappa shape index (κ2) is 3.77. The van der Waals surface area contributed by atoms with E-state index in [1.165, 1.54) is 37.9 Å². The molecule has 1 spiro atoms. The summed E-state index contributed by atoms with van der Waals surface area (Å²) in [6.45, 7) is 2.40. The van der Waals surface area contributed by atoms with Crippen molar-refractivity contribution in [3.05, 3.63) is 29.8 Å². The lowest BCUT2D eigenvalue weighted by Gasteiger charge is -2.23. The van der Waals surface area contributed by atoms with E-state index in [0.29, 0.717) is 5.41 Å². The fourth-order valence-corrected chi connectivity index (χ4v) is 3.14. The lowest BCUT2D eigenvalue weighted by molar-refractivity contribution is 0.346. The Morgan fingerprint density at radius 1 is 1.44 bits per heavy atom. The van der Waals surface area contributed by atoms with Gasteiger partial charge in [0.05, 0.1) is 7.11 Å². The van der Waals surface area contributed by atoms with Crippen molar-refractivity contribution in [3.63, 3.8) is 0 Å². The van der Waals surface area contributed by atoms with Crippen molar-refractivity contribution in [2.24, 2.45) is 5.41 Å². The summed E-state index contributed by atoms with van der Waals surface area (Å²) in [7, 11) is 1.74. The fourth-order valence-electron chi connectivity index (χ4n) is 3.14. The normalized spacial score (nSPS) is 32.7. The molecule has 2 aliphatic rings. The Balaban J connectivity index is 1.79. The van der Waals surface area contributed by atoms with Gasteiger partial charge in [-0.2, -0.15) is 0 Å². The Hall–Kier alpha value is -1.02. The zero-order chi connectivity index (χ0) is 11.0. The van der Waals surface area contributed by atoms with Crippen LogP contribution in [0.25, 0.3) is 0 Å². The van der Waals surface area contributed by atoms with Gasteiger partial charge in [0.2, 0.25) is 0 Å². The van der Waals surface area contributed by atoms with E-state index in [2.05, 4.69) is 23.5 Å². The van der Waals surface area contributed by atoms with Gasteiger partial charge in [-0.25, -0.2) is 0 Å². The molecule has 1 saturated carbocycles. The largest absolute Gasteiger partial charge is 0.497 e. The van der Waals surface area contributed by atoms with E-state index >= 15 is 0 Å². The van der Waals surface area contributed by atoms with E-state index in [-0.39, 0.29) is 0 Å². The van der Waals surface area contributed by atoms with E-state index in [0.717, 1.165) is 11.7 Å². The van der Waals surface area contributed by atoms with Crippen LogP contribution < -0.4 is 10.1 Å². The minimum absolute atomic E-state index is 0.574. The van der Waals surface area contributed by atoms with Gasteiger partial charge >= 0.3 is 0 Å². The zero-order valence-corrected chi connectivity index (χ0v) is 9.83. The van der Waals surface area contributed by atoms with E-state index in [9.17, 15) is 0 Å². The van der Waals surface area contributed by atoms with E-state index in [1.807, 2.05) is 6.07 Å². The van der Waals surface area contributed by atoms with Gasteiger partial charge in [0.1, 0.15) is 5.75 Å². The molecule has 2 fully saturated rings. The molecular weight excluding hydrogens is 198 g/mol. The third kappa shape index (κ3) is 1.61. The Labute approximate surface area is 97.0 Å². The highest BCUT2D eigenvalue weighted by atomic mass is 16.5. The zero-order valence-electron chi connectivity index (χ0n) is 9.83. The molecular formula is C14H19NO. The maximum Gasteiger partial charge on any atom is 0.119 e.